The number of carbonyl (C=O) groups excluding carboxylic acids is 3. The normalized spacial score (nSPS) is 12.6. The summed E-state index contributed by atoms with van der Waals surface area (Å²) >= 11 is 0. The Kier molecular flexibility index (Phi) is 47.9. The van der Waals surface area contributed by atoms with Gasteiger partial charge in [-0.15, -0.1) is 0 Å². The molecule has 1 unspecified atom stereocenters. The quantitative estimate of drug-likeness (QED) is 0.0262. The SMILES string of the molecule is CC/C=C\C/C=C\C/C=C\C/C=C\C/C=C\C/C=C\CCCCC(=O)OCC(COC(=O)CCCCCCC)OC(=O)CCCCCCCCCCCCCCCCCCCC. The molecule has 0 aliphatic heterocycles. The molecule has 0 spiro atoms. The van der Waals surface area contributed by atoms with E-state index in [0.29, 0.717) is 19.3 Å². The maximum absolute atomic E-state index is 12.7. The highest BCUT2D eigenvalue weighted by Crippen LogP contribution is 2.15. The van der Waals surface area contributed by atoms with Gasteiger partial charge in [-0.1, -0.05) is 229 Å². The highest BCUT2D eigenvalue weighted by molar-refractivity contribution is 5.71. The second-order valence-corrected chi connectivity index (χ2v) is 17.1. The summed E-state index contributed by atoms with van der Waals surface area (Å²) in [7, 11) is 0. The molecule has 0 rings (SSSR count). The van der Waals surface area contributed by atoms with E-state index in [2.05, 4.69) is 93.7 Å². The molecule has 0 amide bonds. The lowest BCUT2D eigenvalue weighted by atomic mass is 10.0. The summed E-state index contributed by atoms with van der Waals surface area (Å²) in [5.74, 6) is -0.944. The van der Waals surface area contributed by atoms with E-state index in [1.165, 1.54) is 103 Å². The van der Waals surface area contributed by atoms with E-state index in [1.54, 1.807) is 0 Å². The van der Waals surface area contributed by atoms with Crippen molar-refractivity contribution in [3.05, 3.63) is 72.9 Å². The zero-order valence-corrected chi connectivity index (χ0v) is 40.6. The number of hydrogen-bond donors (Lipinski definition) is 0. The topological polar surface area (TPSA) is 78.9 Å². The zero-order valence-electron chi connectivity index (χ0n) is 40.6. The minimum atomic E-state index is -0.787. The number of hydrogen-bond acceptors (Lipinski definition) is 6. The van der Waals surface area contributed by atoms with Gasteiger partial charge in [0.2, 0.25) is 0 Å². The van der Waals surface area contributed by atoms with Gasteiger partial charge in [0.05, 0.1) is 0 Å². The third kappa shape index (κ3) is 47.9. The van der Waals surface area contributed by atoms with Crippen molar-refractivity contribution in [2.75, 3.05) is 13.2 Å². The highest BCUT2D eigenvalue weighted by Gasteiger charge is 2.19. The standard InChI is InChI=1S/C56H96O6/c1-4-7-10-13-15-17-19-21-23-25-27-28-29-31-32-34-36-38-40-43-46-49-55(58)61-52-53(51-60-54(57)48-45-42-12-9-6-3)62-56(59)50-47-44-41-39-37-35-33-30-26-24-22-20-18-16-14-11-8-5-2/h7,10,15,17,21,23,27-28,31-32,36,38,53H,4-6,8-9,11-14,16,18-20,22,24-26,29-30,33-35,37,39-52H2,1-3H3/b10-7-,17-15-,23-21-,28-27-,32-31-,38-36-. The summed E-state index contributed by atoms with van der Waals surface area (Å²) in [6, 6.07) is 0. The molecule has 0 saturated carbocycles. The summed E-state index contributed by atoms with van der Waals surface area (Å²) in [6.07, 6.45) is 63.6. The van der Waals surface area contributed by atoms with Crippen LogP contribution in [0.4, 0.5) is 0 Å². The van der Waals surface area contributed by atoms with Crippen molar-refractivity contribution in [2.45, 2.75) is 252 Å². The molecule has 0 N–H and O–H groups in total. The molecule has 1 atom stereocenters. The van der Waals surface area contributed by atoms with E-state index in [-0.39, 0.29) is 31.1 Å². The fraction of sp³-hybridized carbons (Fsp3) is 0.732. The minimum absolute atomic E-state index is 0.0887. The Balaban J connectivity index is 4.23. The van der Waals surface area contributed by atoms with Crippen LogP contribution in [-0.4, -0.2) is 37.2 Å². The average molecular weight is 865 g/mol. The van der Waals surface area contributed by atoms with Gasteiger partial charge in [0, 0.05) is 19.3 Å². The third-order valence-electron chi connectivity index (χ3n) is 11.0. The minimum Gasteiger partial charge on any atom is -0.462 e. The number of allylic oxidation sites excluding steroid dienone is 12. The molecule has 62 heavy (non-hydrogen) atoms. The molecule has 356 valence electrons. The molecule has 0 aromatic rings. The van der Waals surface area contributed by atoms with Crippen LogP contribution in [0.1, 0.15) is 245 Å². The van der Waals surface area contributed by atoms with Crippen LogP contribution in [0.2, 0.25) is 0 Å². The van der Waals surface area contributed by atoms with Gasteiger partial charge in [-0.2, -0.15) is 0 Å². The lowest BCUT2D eigenvalue weighted by Crippen LogP contribution is -2.30. The maximum Gasteiger partial charge on any atom is 0.306 e. The van der Waals surface area contributed by atoms with Gasteiger partial charge >= 0.3 is 17.9 Å². The van der Waals surface area contributed by atoms with Crippen LogP contribution in [0.15, 0.2) is 72.9 Å². The lowest BCUT2D eigenvalue weighted by Gasteiger charge is -2.18. The summed E-state index contributed by atoms with van der Waals surface area (Å²) < 4.78 is 16.6. The van der Waals surface area contributed by atoms with E-state index < -0.39 is 6.10 Å². The molecular weight excluding hydrogens is 769 g/mol. The molecule has 0 saturated heterocycles. The first kappa shape index (κ1) is 58.9. The van der Waals surface area contributed by atoms with Gasteiger partial charge in [0.15, 0.2) is 6.10 Å². The first-order chi connectivity index (χ1) is 30.5. The number of unbranched alkanes of at least 4 members (excludes halogenated alkanes) is 23. The van der Waals surface area contributed by atoms with Gasteiger partial charge in [0.1, 0.15) is 13.2 Å². The summed E-state index contributed by atoms with van der Waals surface area (Å²) in [5.41, 5.74) is 0. The first-order valence-corrected chi connectivity index (χ1v) is 25.9. The molecule has 0 radical (unpaired) electrons. The average Bonchev–Trinajstić information content (AvgIpc) is 3.27. The Morgan fingerprint density at radius 2 is 0.629 bits per heavy atom. The van der Waals surface area contributed by atoms with E-state index >= 15 is 0 Å². The molecular formula is C56H96O6. The Bertz CT molecular complexity index is 1180. The predicted molar refractivity (Wildman–Crippen MR) is 265 cm³/mol. The molecule has 0 aliphatic carbocycles. The lowest BCUT2D eigenvalue weighted by molar-refractivity contribution is -0.167. The summed E-state index contributed by atoms with van der Waals surface area (Å²) in [5, 5.41) is 0. The van der Waals surface area contributed by atoms with Crippen molar-refractivity contribution in [3.8, 4) is 0 Å². The smallest absolute Gasteiger partial charge is 0.306 e. The van der Waals surface area contributed by atoms with E-state index in [0.717, 1.165) is 103 Å². The third-order valence-corrected chi connectivity index (χ3v) is 11.0. The van der Waals surface area contributed by atoms with Crippen LogP contribution < -0.4 is 0 Å². The highest BCUT2D eigenvalue weighted by atomic mass is 16.6. The molecule has 0 bridgehead atoms. The van der Waals surface area contributed by atoms with Crippen molar-refractivity contribution in [1.82, 2.24) is 0 Å². The molecule has 0 fully saturated rings. The van der Waals surface area contributed by atoms with Gasteiger partial charge in [0.25, 0.3) is 0 Å². The van der Waals surface area contributed by atoms with Crippen LogP contribution in [0, 0.1) is 0 Å². The predicted octanol–water partition coefficient (Wildman–Crippen LogP) is 17.0. The van der Waals surface area contributed by atoms with Crippen molar-refractivity contribution in [2.24, 2.45) is 0 Å². The van der Waals surface area contributed by atoms with Crippen LogP contribution in [-0.2, 0) is 28.6 Å². The van der Waals surface area contributed by atoms with E-state index in [9.17, 15) is 14.4 Å². The van der Waals surface area contributed by atoms with Crippen LogP contribution >= 0.6 is 0 Å². The van der Waals surface area contributed by atoms with Crippen LogP contribution in [0.25, 0.3) is 0 Å². The summed E-state index contributed by atoms with van der Waals surface area (Å²) in [4.78, 5) is 37.7. The Labute approximate surface area is 382 Å². The second kappa shape index (κ2) is 50.5. The number of carbonyl (C=O) groups is 3. The molecule has 0 aliphatic rings. The maximum atomic E-state index is 12.7. The van der Waals surface area contributed by atoms with Crippen molar-refractivity contribution in [1.29, 1.82) is 0 Å². The molecule has 0 heterocycles. The van der Waals surface area contributed by atoms with E-state index in [1.807, 2.05) is 0 Å². The first-order valence-electron chi connectivity index (χ1n) is 25.9. The Morgan fingerprint density at radius 1 is 0.339 bits per heavy atom. The van der Waals surface area contributed by atoms with Gasteiger partial charge in [-0.05, 0) is 70.6 Å². The zero-order chi connectivity index (χ0) is 45.1. The van der Waals surface area contributed by atoms with Crippen LogP contribution in [0.5, 0.6) is 0 Å². The fourth-order valence-electron chi connectivity index (χ4n) is 7.09. The van der Waals surface area contributed by atoms with Gasteiger partial charge in [-0.3, -0.25) is 14.4 Å². The van der Waals surface area contributed by atoms with Crippen molar-refractivity contribution >= 4 is 17.9 Å². The largest absolute Gasteiger partial charge is 0.462 e. The number of esters is 3. The van der Waals surface area contributed by atoms with Gasteiger partial charge in [-0.25, -0.2) is 0 Å². The molecule has 6 heteroatoms. The van der Waals surface area contributed by atoms with Crippen LogP contribution in [0.3, 0.4) is 0 Å². The molecule has 0 aromatic carbocycles. The molecule has 0 aromatic heterocycles. The Hall–Kier alpha value is -3.15. The fourth-order valence-corrected chi connectivity index (χ4v) is 7.09. The van der Waals surface area contributed by atoms with E-state index in [4.69, 9.17) is 14.2 Å². The van der Waals surface area contributed by atoms with Crippen molar-refractivity contribution < 1.29 is 28.6 Å². The number of ether oxygens (including phenoxy) is 3. The monoisotopic (exact) mass is 865 g/mol. The number of rotatable bonds is 46. The second-order valence-electron chi connectivity index (χ2n) is 17.1. The Morgan fingerprint density at radius 3 is 0.984 bits per heavy atom. The summed E-state index contributed by atoms with van der Waals surface area (Å²) in [6.45, 7) is 6.41. The molecule has 6 nitrogen and oxygen atoms in total. The van der Waals surface area contributed by atoms with Crippen molar-refractivity contribution in [3.63, 3.8) is 0 Å². The van der Waals surface area contributed by atoms with Gasteiger partial charge < -0.3 is 14.2 Å².